The molecule has 0 spiro atoms. The predicted molar refractivity (Wildman–Crippen MR) is 95.6 cm³/mol. The first kappa shape index (κ1) is 19.5. The van der Waals surface area contributed by atoms with Gasteiger partial charge in [0.1, 0.15) is 5.60 Å². The maximum absolute atomic E-state index is 11.9. The number of rotatable bonds is 7. The van der Waals surface area contributed by atoms with Crippen molar-refractivity contribution in [3.05, 3.63) is 35.9 Å². The van der Waals surface area contributed by atoms with Crippen LogP contribution in [-0.2, 0) is 11.2 Å². The molecule has 1 rings (SSSR count). The monoisotopic (exact) mass is 320 g/mol. The van der Waals surface area contributed by atoms with Crippen LogP contribution in [0, 0.1) is 5.92 Å². The second-order valence-electron chi connectivity index (χ2n) is 7.50. The van der Waals surface area contributed by atoms with Crippen molar-refractivity contribution in [2.45, 2.75) is 65.6 Å². The molecular formula is C19H32N2O2. The highest BCUT2D eigenvalue weighted by molar-refractivity contribution is 5.68. The third kappa shape index (κ3) is 8.60. The highest BCUT2D eigenvalue weighted by atomic mass is 16.6. The van der Waals surface area contributed by atoms with Crippen LogP contribution in [0.4, 0.5) is 4.79 Å². The van der Waals surface area contributed by atoms with Crippen LogP contribution in [0.25, 0.3) is 0 Å². The van der Waals surface area contributed by atoms with Gasteiger partial charge in [-0.2, -0.15) is 0 Å². The number of alkyl carbamates (subject to hydrolysis) is 1. The van der Waals surface area contributed by atoms with Crippen LogP contribution in [0.3, 0.4) is 0 Å². The van der Waals surface area contributed by atoms with Crippen molar-refractivity contribution < 1.29 is 9.53 Å². The Morgan fingerprint density at radius 3 is 2.26 bits per heavy atom. The molecule has 0 radical (unpaired) electrons. The quantitative estimate of drug-likeness (QED) is 0.804. The molecule has 1 aromatic carbocycles. The zero-order valence-corrected chi connectivity index (χ0v) is 15.3. The van der Waals surface area contributed by atoms with E-state index >= 15 is 0 Å². The summed E-state index contributed by atoms with van der Waals surface area (Å²) < 4.78 is 5.34. The summed E-state index contributed by atoms with van der Waals surface area (Å²) in [6, 6.07) is 10.8. The Hall–Kier alpha value is -1.55. The number of hydrogen-bond donors (Lipinski definition) is 2. The molecule has 0 saturated heterocycles. The molecule has 0 aliphatic rings. The molecule has 0 fully saturated rings. The minimum absolute atomic E-state index is 0.0445. The summed E-state index contributed by atoms with van der Waals surface area (Å²) in [4.78, 5) is 11.9. The minimum atomic E-state index is -0.473. The Balaban J connectivity index is 2.45. The largest absolute Gasteiger partial charge is 0.444 e. The fourth-order valence-corrected chi connectivity index (χ4v) is 2.28. The van der Waals surface area contributed by atoms with Gasteiger partial charge in [0.25, 0.3) is 0 Å². The van der Waals surface area contributed by atoms with Crippen LogP contribution in [0.1, 0.15) is 47.1 Å². The molecule has 1 amide bonds. The zero-order valence-electron chi connectivity index (χ0n) is 15.3. The second kappa shape index (κ2) is 8.92. The molecule has 0 heterocycles. The summed E-state index contributed by atoms with van der Waals surface area (Å²) in [7, 11) is 0. The van der Waals surface area contributed by atoms with E-state index in [2.05, 4.69) is 55.7 Å². The van der Waals surface area contributed by atoms with E-state index in [9.17, 15) is 4.79 Å². The number of ether oxygens (including phenoxy) is 1. The molecule has 2 N–H and O–H groups in total. The highest BCUT2D eigenvalue weighted by Gasteiger charge is 2.21. The van der Waals surface area contributed by atoms with Gasteiger partial charge < -0.3 is 15.4 Å². The molecule has 4 heteroatoms. The van der Waals surface area contributed by atoms with E-state index in [-0.39, 0.29) is 12.1 Å². The van der Waals surface area contributed by atoms with Crippen LogP contribution < -0.4 is 10.6 Å². The standard InChI is InChI=1S/C19H32N2O2/c1-14(2)17(21-18(22)23-19(4,5)6)13-20-15(3)12-16-10-8-7-9-11-16/h7-11,14-15,17,20H,12-13H2,1-6H3,(H,21,22). The molecule has 23 heavy (non-hydrogen) atoms. The predicted octanol–water partition coefficient (Wildman–Crippen LogP) is 3.76. The molecule has 0 aliphatic carbocycles. The molecule has 0 aliphatic heterocycles. The fraction of sp³-hybridized carbons (Fsp3) is 0.632. The average molecular weight is 320 g/mol. The van der Waals surface area contributed by atoms with Gasteiger partial charge in [0.15, 0.2) is 0 Å². The van der Waals surface area contributed by atoms with Crippen molar-refractivity contribution in [1.29, 1.82) is 0 Å². The number of amides is 1. The smallest absolute Gasteiger partial charge is 0.407 e. The van der Waals surface area contributed by atoms with Crippen molar-refractivity contribution in [2.24, 2.45) is 5.92 Å². The maximum atomic E-state index is 11.9. The van der Waals surface area contributed by atoms with Gasteiger partial charge in [0.2, 0.25) is 0 Å². The summed E-state index contributed by atoms with van der Waals surface area (Å²) in [5.74, 6) is 0.332. The van der Waals surface area contributed by atoms with Gasteiger partial charge in [-0.15, -0.1) is 0 Å². The lowest BCUT2D eigenvalue weighted by Gasteiger charge is -2.27. The normalized spacial score (nSPS) is 14.4. The topological polar surface area (TPSA) is 50.4 Å². The molecule has 0 aromatic heterocycles. The van der Waals surface area contributed by atoms with Gasteiger partial charge >= 0.3 is 6.09 Å². The van der Waals surface area contributed by atoms with E-state index in [0.29, 0.717) is 12.0 Å². The van der Waals surface area contributed by atoms with Crippen LogP contribution >= 0.6 is 0 Å². The molecule has 130 valence electrons. The van der Waals surface area contributed by atoms with Crippen LogP contribution in [0.15, 0.2) is 30.3 Å². The second-order valence-corrected chi connectivity index (χ2v) is 7.50. The van der Waals surface area contributed by atoms with Crippen LogP contribution in [0.2, 0.25) is 0 Å². The summed E-state index contributed by atoms with van der Waals surface area (Å²) in [5.41, 5.74) is 0.841. The van der Waals surface area contributed by atoms with Crippen molar-refractivity contribution in [3.8, 4) is 0 Å². The molecule has 2 atom stereocenters. The Labute approximate surface area is 141 Å². The average Bonchev–Trinajstić information content (AvgIpc) is 2.42. The zero-order chi connectivity index (χ0) is 17.5. The van der Waals surface area contributed by atoms with E-state index in [1.165, 1.54) is 5.56 Å². The Morgan fingerprint density at radius 2 is 1.74 bits per heavy atom. The number of hydrogen-bond acceptors (Lipinski definition) is 3. The van der Waals surface area contributed by atoms with Crippen molar-refractivity contribution in [1.82, 2.24) is 10.6 Å². The molecule has 0 bridgehead atoms. The summed E-state index contributed by atoms with van der Waals surface area (Å²) >= 11 is 0. The van der Waals surface area contributed by atoms with E-state index in [4.69, 9.17) is 4.74 Å². The van der Waals surface area contributed by atoms with Crippen molar-refractivity contribution in [2.75, 3.05) is 6.54 Å². The SMILES string of the molecule is CC(Cc1ccccc1)NCC(NC(=O)OC(C)(C)C)C(C)C. The Bertz CT molecular complexity index is 466. The summed E-state index contributed by atoms with van der Waals surface area (Å²) in [6.07, 6.45) is 0.617. The van der Waals surface area contributed by atoms with E-state index in [1.807, 2.05) is 26.8 Å². The molecular weight excluding hydrogens is 288 g/mol. The summed E-state index contributed by atoms with van der Waals surface area (Å²) in [6.45, 7) is 12.7. The lowest BCUT2D eigenvalue weighted by molar-refractivity contribution is 0.0489. The highest BCUT2D eigenvalue weighted by Crippen LogP contribution is 2.09. The fourth-order valence-electron chi connectivity index (χ4n) is 2.28. The molecule has 4 nitrogen and oxygen atoms in total. The Kier molecular flexibility index (Phi) is 7.56. The van der Waals surface area contributed by atoms with Gasteiger partial charge in [0.05, 0.1) is 0 Å². The van der Waals surface area contributed by atoms with Crippen molar-refractivity contribution in [3.63, 3.8) is 0 Å². The minimum Gasteiger partial charge on any atom is -0.444 e. The van der Waals surface area contributed by atoms with Gasteiger partial charge in [-0.25, -0.2) is 4.79 Å². The first-order valence-corrected chi connectivity index (χ1v) is 8.44. The van der Waals surface area contributed by atoms with E-state index < -0.39 is 5.60 Å². The Morgan fingerprint density at radius 1 is 1.13 bits per heavy atom. The third-order valence-corrected chi connectivity index (χ3v) is 3.58. The first-order valence-electron chi connectivity index (χ1n) is 8.44. The number of carbonyl (C=O) groups is 1. The first-order chi connectivity index (χ1) is 10.7. The van der Waals surface area contributed by atoms with E-state index in [0.717, 1.165) is 13.0 Å². The van der Waals surface area contributed by atoms with E-state index in [1.54, 1.807) is 0 Å². The van der Waals surface area contributed by atoms with Gasteiger partial charge in [-0.05, 0) is 45.6 Å². The third-order valence-electron chi connectivity index (χ3n) is 3.58. The molecule has 2 unspecified atom stereocenters. The number of benzene rings is 1. The lowest BCUT2D eigenvalue weighted by Crippen LogP contribution is -2.48. The molecule has 0 saturated carbocycles. The van der Waals surface area contributed by atoms with Crippen LogP contribution in [0.5, 0.6) is 0 Å². The van der Waals surface area contributed by atoms with Crippen molar-refractivity contribution >= 4 is 6.09 Å². The number of carbonyl (C=O) groups excluding carboxylic acids is 1. The van der Waals surface area contributed by atoms with Gasteiger partial charge in [-0.3, -0.25) is 0 Å². The van der Waals surface area contributed by atoms with Gasteiger partial charge in [0, 0.05) is 18.6 Å². The summed E-state index contributed by atoms with van der Waals surface area (Å²) in [5, 5.41) is 6.48. The molecule has 1 aromatic rings. The number of nitrogens with one attached hydrogen (secondary N) is 2. The lowest BCUT2D eigenvalue weighted by atomic mass is 10.0. The maximum Gasteiger partial charge on any atom is 0.407 e. The van der Waals surface area contributed by atoms with Gasteiger partial charge in [-0.1, -0.05) is 44.2 Å². The van der Waals surface area contributed by atoms with Crippen LogP contribution in [-0.4, -0.2) is 30.3 Å².